The van der Waals surface area contributed by atoms with E-state index in [4.69, 9.17) is 5.73 Å². The van der Waals surface area contributed by atoms with E-state index in [-0.39, 0.29) is 36.7 Å². The van der Waals surface area contributed by atoms with E-state index in [0.717, 1.165) is 16.7 Å². The third-order valence-corrected chi connectivity index (χ3v) is 3.99. The molecule has 0 aliphatic carbocycles. The van der Waals surface area contributed by atoms with Crippen LogP contribution in [0.2, 0.25) is 0 Å². The van der Waals surface area contributed by atoms with Crippen LogP contribution in [0.1, 0.15) is 19.4 Å². The van der Waals surface area contributed by atoms with Gasteiger partial charge in [0, 0.05) is 6.54 Å². The van der Waals surface area contributed by atoms with Gasteiger partial charge < -0.3 is 16.4 Å². The van der Waals surface area contributed by atoms with E-state index < -0.39 is 6.04 Å². The van der Waals surface area contributed by atoms with Gasteiger partial charge in [0.15, 0.2) is 0 Å². The van der Waals surface area contributed by atoms with Gasteiger partial charge in [-0.25, -0.2) is 0 Å². The maximum absolute atomic E-state index is 11.8. The molecule has 0 spiro atoms. The third-order valence-electron chi connectivity index (χ3n) is 3.99. The van der Waals surface area contributed by atoms with E-state index in [1.165, 1.54) is 0 Å². The largest absolute Gasteiger partial charge is 0.350 e. The van der Waals surface area contributed by atoms with Crippen molar-refractivity contribution in [2.24, 2.45) is 11.7 Å². The van der Waals surface area contributed by atoms with Crippen molar-refractivity contribution in [1.82, 2.24) is 10.6 Å². The fourth-order valence-corrected chi connectivity index (χ4v) is 2.30. The van der Waals surface area contributed by atoms with Gasteiger partial charge in [-0.05, 0) is 22.6 Å². The zero-order valence-electron chi connectivity index (χ0n) is 15.1. The molecule has 140 valence electrons. The molecule has 0 aromatic heterocycles. The topological polar surface area (TPSA) is 84.2 Å². The van der Waals surface area contributed by atoms with Gasteiger partial charge in [-0.2, -0.15) is 0 Å². The van der Waals surface area contributed by atoms with Crippen molar-refractivity contribution in [3.63, 3.8) is 0 Å². The highest BCUT2D eigenvalue weighted by Crippen LogP contribution is 2.19. The maximum atomic E-state index is 11.8. The second-order valence-electron chi connectivity index (χ2n) is 6.33. The van der Waals surface area contributed by atoms with Crippen LogP contribution in [0.15, 0.2) is 54.6 Å². The van der Waals surface area contributed by atoms with Crippen molar-refractivity contribution in [1.29, 1.82) is 0 Å². The van der Waals surface area contributed by atoms with Crippen molar-refractivity contribution >= 4 is 24.2 Å². The van der Waals surface area contributed by atoms with Crippen LogP contribution in [-0.2, 0) is 16.1 Å². The molecule has 4 N–H and O–H groups in total. The van der Waals surface area contributed by atoms with E-state index >= 15 is 0 Å². The summed E-state index contributed by atoms with van der Waals surface area (Å²) in [5, 5.41) is 5.34. The number of rotatable bonds is 7. The van der Waals surface area contributed by atoms with Gasteiger partial charge in [-0.15, -0.1) is 12.4 Å². The van der Waals surface area contributed by atoms with Crippen molar-refractivity contribution in [2.45, 2.75) is 26.4 Å². The highest BCUT2D eigenvalue weighted by Gasteiger charge is 2.17. The molecule has 5 nitrogen and oxygen atoms in total. The Labute approximate surface area is 160 Å². The highest BCUT2D eigenvalue weighted by molar-refractivity contribution is 5.87. The Balaban J connectivity index is 0.00000338. The average Bonchev–Trinajstić information content (AvgIpc) is 2.64. The van der Waals surface area contributed by atoms with Gasteiger partial charge in [-0.3, -0.25) is 9.59 Å². The molecule has 0 saturated carbocycles. The van der Waals surface area contributed by atoms with E-state index in [1.54, 1.807) is 0 Å². The molecule has 0 radical (unpaired) electrons. The fourth-order valence-electron chi connectivity index (χ4n) is 2.30. The molecule has 0 unspecified atom stereocenters. The molecule has 2 amide bonds. The van der Waals surface area contributed by atoms with Gasteiger partial charge in [0.25, 0.3) is 0 Å². The van der Waals surface area contributed by atoms with Crippen LogP contribution >= 0.6 is 12.4 Å². The zero-order chi connectivity index (χ0) is 18.2. The molecule has 2 rings (SSSR count). The van der Waals surface area contributed by atoms with Crippen LogP contribution in [-0.4, -0.2) is 24.4 Å². The summed E-state index contributed by atoms with van der Waals surface area (Å²) in [4.78, 5) is 23.6. The summed E-state index contributed by atoms with van der Waals surface area (Å²) in [5.74, 6) is -0.514. The number of nitrogens with one attached hydrogen (secondary N) is 2. The molecule has 2 aromatic rings. The smallest absolute Gasteiger partial charge is 0.239 e. The lowest BCUT2D eigenvalue weighted by Crippen LogP contribution is -2.47. The predicted molar refractivity (Wildman–Crippen MR) is 107 cm³/mol. The summed E-state index contributed by atoms with van der Waals surface area (Å²) in [7, 11) is 0. The van der Waals surface area contributed by atoms with Crippen LogP contribution in [0.25, 0.3) is 11.1 Å². The molecule has 0 heterocycles. The lowest BCUT2D eigenvalue weighted by molar-refractivity contribution is -0.127. The highest BCUT2D eigenvalue weighted by atomic mass is 35.5. The second kappa shape index (κ2) is 10.6. The number of hydrogen-bond donors (Lipinski definition) is 3. The molecule has 2 aromatic carbocycles. The Morgan fingerprint density at radius 3 is 2.08 bits per heavy atom. The van der Waals surface area contributed by atoms with Crippen molar-refractivity contribution in [2.75, 3.05) is 6.54 Å². The third kappa shape index (κ3) is 6.50. The monoisotopic (exact) mass is 375 g/mol. The molecular weight excluding hydrogens is 350 g/mol. The fraction of sp³-hybridized carbons (Fsp3) is 0.300. The van der Waals surface area contributed by atoms with Crippen LogP contribution in [0, 0.1) is 5.92 Å². The van der Waals surface area contributed by atoms with Crippen LogP contribution in [0.5, 0.6) is 0 Å². The summed E-state index contributed by atoms with van der Waals surface area (Å²) in [6, 6.07) is 17.5. The van der Waals surface area contributed by atoms with E-state index in [0.29, 0.717) is 6.54 Å². The summed E-state index contributed by atoms with van der Waals surface area (Å²) < 4.78 is 0. The first-order chi connectivity index (χ1) is 12.0. The molecule has 1 atom stereocenters. The molecule has 0 bridgehead atoms. The van der Waals surface area contributed by atoms with Gasteiger partial charge in [0.2, 0.25) is 11.8 Å². The predicted octanol–water partition coefficient (Wildman–Crippen LogP) is 2.49. The maximum Gasteiger partial charge on any atom is 0.239 e. The van der Waals surface area contributed by atoms with Gasteiger partial charge in [0.05, 0.1) is 12.6 Å². The molecule has 0 aliphatic rings. The first kappa shape index (κ1) is 21.7. The summed E-state index contributed by atoms with van der Waals surface area (Å²) in [6.07, 6.45) is 0. The number of carbonyl (C=O) groups is 2. The standard InChI is InChI=1S/C20H25N3O2.ClH/c1-14(2)19(21)20(25)23-13-18(24)22-12-15-8-10-17(11-9-15)16-6-4-3-5-7-16;/h3-11,14,19H,12-13,21H2,1-2H3,(H,22,24)(H,23,25);1H/t19-;/m0./s1. The Bertz CT molecular complexity index is 703. The minimum Gasteiger partial charge on any atom is -0.350 e. The van der Waals surface area contributed by atoms with Crippen LogP contribution in [0.3, 0.4) is 0 Å². The quantitative estimate of drug-likeness (QED) is 0.695. The lowest BCUT2D eigenvalue weighted by atomic mass is 10.0. The van der Waals surface area contributed by atoms with Crippen LogP contribution in [0.4, 0.5) is 0 Å². The summed E-state index contributed by atoms with van der Waals surface area (Å²) in [5.41, 5.74) is 9.01. The Morgan fingerprint density at radius 2 is 1.50 bits per heavy atom. The number of nitrogens with two attached hydrogens (primary N) is 1. The average molecular weight is 376 g/mol. The minimum absolute atomic E-state index is 0. The van der Waals surface area contributed by atoms with Gasteiger partial charge in [-0.1, -0.05) is 68.4 Å². The number of carbonyl (C=O) groups excluding carboxylic acids is 2. The Kier molecular flexibility index (Phi) is 8.82. The number of benzene rings is 2. The van der Waals surface area contributed by atoms with E-state index in [1.807, 2.05) is 56.3 Å². The van der Waals surface area contributed by atoms with Crippen molar-refractivity contribution < 1.29 is 9.59 Å². The molecule has 0 fully saturated rings. The van der Waals surface area contributed by atoms with E-state index in [2.05, 4.69) is 22.8 Å². The SMILES string of the molecule is CC(C)[C@H](N)C(=O)NCC(=O)NCc1ccc(-c2ccccc2)cc1.Cl. The van der Waals surface area contributed by atoms with E-state index in [9.17, 15) is 9.59 Å². The number of hydrogen-bond acceptors (Lipinski definition) is 3. The molecule has 6 heteroatoms. The first-order valence-corrected chi connectivity index (χ1v) is 8.41. The molecule has 0 aliphatic heterocycles. The lowest BCUT2D eigenvalue weighted by Gasteiger charge is -2.15. The summed E-state index contributed by atoms with van der Waals surface area (Å²) >= 11 is 0. The molecule has 26 heavy (non-hydrogen) atoms. The van der Waals surface area contributed by atoms with Gasteiger partial charge in [0.1, 0.15) is 0 Å². The number of amides is 2. The normalized spacial score (nSPS) is 11.4. The number of halogens is 1. The minimum atomic E-state index is -0.599. The first-order valence-electron chi connectivity index (χ1n) is 8.41. The van der Waals surface area contributed by atoms with Crippen molar-refractivity contribution in [3.8, 4) is 11.1 Å². The zero-order valence-corrected chi connectivity index (χ0v) is 15.9. The molecular formula is C20H26ClN3O2. The Hall–Kier alpha value is -2.37. The second-order valence-corrected chi connectivity index (χ2v) is 6.33. The molecule has 0 saturated heterocycles. The van der Waals surface area contributed by atoms with Crippen LogP contribution < -0.4 is 16.4 Å². The Morgan fingerprint density at radius 1 is 0.923 bits per heavy atom. The van der Waals surface area contributed by atoms with Gasteiger partial charge >= 0.3 is 0 Å². The summed E-state index contributed by atoms with van der Waals surface area (Å²) in [6.45, 7) is 4.08. The van der Waals surface area contributed by atoms with Crippen molar-refractivity contribution in [3.05, 3.63) is 60.2 Å².